The molecule has 33 heavy (non-hydrogen) atoms. The Kier molecular flexibility index (Phi) is 6.52. The molecule has 0 radical (unpaired) electrons. The van der Waals surface area contributed by atoms with Crippen molar-refractivity contribution >= 4 is 29.5 Å². The number of carboxylic acids is 1. The second-order valence-electron chi connectivity index (χ2n) is 9.28. The minimum atomic E-state index is -1.13. The number of β-lactam (4-membered cyclic amide) rings is 1. The van der Waals surface area contributed by atoms with E-state index in [-0.39, 0.29) is 40.8 Å². The van der Waals surface area contributed by atoms with Crippen molar-refractivity contribution in [2.24, 2.45) is 11.8 Å². The van der Waals surface area contributed by atoms with Gasteiger partial charge in [0.05, 0.1) is 24.1 Å². The molecule has 0 bridgehead atoms. The van der Waals surface area contributed by atoms with Gasteiger partial charge in [-0.05, 0) is 31.0 Å². The number of thioether (sulfide) groups is 1. The van der Waals surface area contributed by atoms with Crippen LogP contribution in [0.1, 0.15) is 25.8 Å². The average molecular weight is 475 g/mol. The molecule has 2 N–H and O–H groups in total. The second-order valence-corrected chi connectivity index (χ2v) is 10.6. The molecule has 9 nitrogen and oxygen atoms in total. The number of carbonyl (C=O) groups is 3. The summed E-state index contributed by atoms with van der Waals surface area (Å²) in [6, 6.07) is 3.21. The predicted molar refractivity (Wildman–Crippen MR) is 123 cm³/mol. The van der Waals surface area contributed by atoms with Gasteiger partial charge in [0.25, 0.3) is 0 Å². The van der Waals surface area contributed by atoms with Crippen LogP contribution in [0.25, 0.3) is 0 Å². The third kappa shape index (κ3) is 4.15. The lowest BCUT2D eigenvalue weighted by molar-refractivity contribution is -0.163. The second kappa shape index (κ2) is 9.08. The van der Waals surface area contributed by atoms with Crippen LogP contribution >= 0.6 is 11.8 Å². The van der Waals surface area contributed by atoms with Gasteiger partial charge in [0, 0.05) is 55.7 Å². The lowest BCUT2D eigenvalue weighted by Gasteiger charge is -2.46. The van der Waals surface area contributed by atoms with E-state index in [1.165, 1.54) is 16.7 Å². The molecule has 0 aromatic carbocycles. The maximum atomic E-state index is 12.9. The molecule has 1 aromatic rings. The Balaban J connectivity index is 1.57. The van der Waals surface area contributed by atoms with Gasteiger partial charge in [0.15, 0.2) is 0 Å². The van der Waals surface area contributed by atoms with E-state index in [4.69, 9.17) is 0 Å². The largest absolute Gasteiger partial charge is 0.477 e. The fourth-order valence-electron chi connectivity index (χ4n) is 5.26. The van der Waals surface area contributed by atoms with Crippen molar-refractivity contribution in [1.29, 1.82) is 0 Å². The highest BCUT2D eigenvalue weighted by Crippen LogP contribution is 2.52. The van der Waals surface area contributed by atoms with Crippen LogP contribution in [0.4, 0.5) is 0 Å². The Bertz CT molecular complexity index is 982. The molecule has 1 aromatic heterocycles. The standard InChI is InChI=1S/C23H30N4O5S/c1-12-18-17(13(2)28)22(30)27(18)19(23(31)32)20(12)33-15-9-16(21(29)25(3)4)26(11-15)10-14-5-7-24-8-6-14/h5-8,12-13,15-18,28H,9-11H2,1-4H3,(H,31,32)/t12-,13-,15+,16+,17-,18-/m1/s1. The van der Waals surface area contributed by atoms with Crippen molar-refractivity contribution in [1.82, 2.24) is 19.7 Å². The number of aliphatic hydroxyl groups excluding tert-OH is 1. The van der Waals surface area contributed by atoms with Crippen molar-refractivity contribution in [2.75, 3.05) is 20.6 Å². The van der Waals surface area contributed by atoms with E-state index in [1.54, 1.807) is 38.3 Å². The molecule has 3 aliphatic heterocycles. The summed E-state index contributed by atoms with van der Waals surface area (Å²) in [4.78, 5) is 47.4. The van der Waals surface area contributed by atoms with E-state index in [1.807, 2.05) is 19.1 Å². The first-order chi connectivity index (χ1) is 15.6. The van der Waals surface area contributed by atoms with Crippen LogP contribution in [0.15, 0.2) is 35.1 Å². The highest BCUT2D eigenvalue weighted by Gasteiger charge is 2.60. The predicted octanol–water partition coefficient (Wildman–Crippen LogP) is 1.000. The van der Waals surface area contributed by atoms with Gasteiger partial charge in [-0.1, -0.05) is 6.92 Å². The summed E-state index contributed by atoms with van der Waals surface area (Å²) < 4.78 is 0. The van der Waals surface area contributed by atoms with Crippen LogP contribution in [-0.2, 0) is 20.9 Å². The zero-order valence-corrected chi connectivity index (χ0v) is 20.0. The van der Waals surface area contributed by atoms with E-state index >= 15 is 0 Å². The quantitative estimate of drug-likeness (QED) is 0.563. The van der Waals surface area contributed by atoms with Crippen molar-refractivity contribution in [2.45, 2.75) is 50.3 Å². The van der Waals surface area contributed by atoms with Crippen molar-refractivity contribution in [3.8, 4) is 0 Å². The molecule has 2 fully saturated rings. The molecule has 2 amide bonds. The van der Waals surface area contributed by atoms with Crippen molar-refractivity contribution in [3.63, 3.8) is 0 Å². The zero-order chi connectivity index (χ0) is 24.0. The molecule has 0 saturated carbocycles. The lowest BCUT2D eigenvalue weighted by Crippen LogP contribution is -2.63. The van der Waals surface area contributed by atoms with E-state index < -0.39 is 18.0 Å². The minimum Gasteiger partial charge on any atom is -0.477 e. The van der Waals surface area contributed by atoms with Crippen molar-refractivity contribution in [3.05, 3.63) is 40.7 Å². The van der Waals surface area contributed by atoms with Gasteiger partial charge in [-0.15, -0.1) is 11.8 Å². The number of hydrogen-bond acceptors (Lipinski definition) is 7. The van der Waals surface area contributed by atoms with E-state index in [0.717, 1.165) is 5.56 Å². The van der Waals surface area contributed by atoms with Gasteiger partial charge in [0.2, 0.25) is 11.8 Å². The van der Waals surface area contributed by atoms with Gasteiger partial charge in [0.1, 0.15) is 5.70 Å². The average Bonchev–Trinajstić information content (AvgIpc) is 3.25. The van der Waals surface area contributed by atoms with Gasteiger partial charge in [-0.25, -0.2) is 4.79 Å². The van der Waals surface area contributed by atoms with Crippen LogP contribution in [0.2, 0.25) is 0 Å². The number of fused-ring (bicyclic) bond motifs is 1. The first kappa shape index (κ1) is 23.7. The Morgan fingerprint density at radius 2 is 1.97 bits per heavy atom. The third-order valence-electron chi connectivity index (χ3n) is 6.83. The number of nitrogens with zero attached hydrogens (tertiary/aromatic N) is 4. The molecule has 6 atom stereocenters. The number of aromatic nitrogens is 1. The van der Waals surface area contributed by atoms with Gasteiger partial charge >= 0.3 is 5.97 Å². The normalized spacial score (nSPS) is 30.3. The molecule has 178 valence electrons. The number of rotatable bonds is 7. The number of aliphatic hydroxyl groups is 1. The lowest BCUT2D eigenvalue weighted by atomic mass is 9.79. The maximum absolute atomic E-state index is 12.9. The topological polar surface area (TPSA) is 114 Å². The number of aliphatic carboxylic acids is 1. The monoisotopic (exact) mass is 474 g/mol. The third-order valence-corrected chi connectivity index (χ3v) is 8.32. The molecular weight excluding hydrogens is 444 g/mol. The summed E-state index contributed by atoms with van der Waals surface area (Å²) in [6.45, 7) is 4.72. The molecule has 2 saturated heterocycles. The summed E-state index contributed by atoms with van der Waals surface area (Å²) in [5, 5.41) is 20.0. The SMILES string of the molecule is C[C@@H](O)[C@H]1C(=O)N2C(C(=O)O)=C(S[C@H]3C[C@@H](C(=O)N(C)C)N(Cc4ccncc4)C3)[C@H](C)[C@H]12. The molecule has 0 spiro atoms. The highest BCUT2D eigenvalue weighted by atomic mass is 32.2. The number of likely N-dealkylation sites (tertiary alicyclic amines) is 1. The van der Waals surface area contributed by atoms with Crippen LogP contribution in [0.3, 0.4) is 0 Å². The summed E-state index contributed by atoms with van der Waals surface area (Å²) in [5.41, 5.74) is 1.09. The van der Waals surface area contributed by atoms with Crippen molar-refractivity contribution < 1.29 is 24.6 Å². The molecule has 4 rings (SSSR count). The Hall–Kier alpha value is -2.43. The number of carboxylic acid groups (broad SMARTS) is 1. The number of hydrogen-bond donors (Lipinski definition) is 2. The maximum Gasteiger partial charge on any atom is 0.353 e. The Morgan fingerprint density at radius 1 is 1.30 bits per heavy atom. The molecule has 3 aliphatic rings. The van der Waals surface area contributed by atoms with Crippen LogP contribution < -0.4 is 0 Å². The van der Waals surface area contributed by atoms with E-state index in [0.29, 0.717) is 24.4 Å². The first-order valence-corrected chi connectivity index (χ1v) is 12.0. The van der Waals surface area contributed by atoms with Crippen LogP contribution in [0, 0.1) is 11.8 Å². The van der Waals surface area contributed by atoms with E-state index in [2.05, 4.69) is 9.88 Å². The summed E-state index contributed by atoms with van der Waals surface area (Å²) in [7, 11) is 3.48. The zero-order valence-electron chi connectivity index (χ0n) is 19.2. The Labute approximate surface area is 197 Å². The fraction of sp³-hybridized carbons (Fsp3) is 0.565. The molecule has 0 aliphatic carbocycles. The number of carbonyl (C=O) groups excluding carboxylic acids is 2. The minimum absolute atomic E-state index is 0.00587. The summed E-state index contributed by atoms with van der Waals surface area (Å²) >= 11 is 1.47. The molecular formula is C23H30N4O5S. The van der Waals surface area contributed by atoms with Gasteiger partial charge < -0.3 is 20.0 Å². The Morgan fingerprint density at radius 3 is 2.55 bits per heavy atom. The van der Waals surface area contributed by atoms with Gasteiger partial charge in [-0.3, -0.25) is 19.5 Å². The smallest absolute Gasteiger partial charge is 0.353 e. The first-order valence-electron chi connectivity index (χ1n) is 11.1. The van der Waals surface area contributed by atoms with Crippen LogP contribution in [-0.4, -0.2) is 91.8 Å². The fourth-order valence-corrected chi connectivity index (χ4v) is 6.81. The number of likely N-dealkylation sites (N-methyl/N-ethyl adjacent to an activating group) is 1. The molecule has 0 unspecified atom stereocenters. The van der Waals surface area contributed by atoms with E-state index in [9.17, 15) is 24.6 Å². The van der Waals surface area contributed by atoms with Crippen LogP contribution in [0.5, 0.6) is 0 Å². The summed E-state index contributed by atoms with van der Waals surface area (Å²) in [6.07, 6.45) is 3.22. The number of pyridine rings is 1. The number of amides is 2. The molecule has 10 heteroatoms. The summed E-state index contributed by atoms with van der Waals surface area (Å²) in [5.74, 6) is -2.21. The molecule has 4 heterocycles. The highest BCUT2D eigenvalue weighted by molar-refractivity contribution is 8.03. The van der Waals surface area contributed by atoms with Gasteiger partial charge in [-0.2, -0.15) is 0 Å².